The van der Waals surface area contributed by atoms with Crippen molar-refractivity contribution in [2.75, 3.05) is 7.05 Å². The summed E-state index contributed by atoms with van der Waals surface area (Å²) in [6.45, 7) is 9.53. The second-order valence-electron chi connectivity index (χ2n) is 5.11. The number of carbonyl (C=O) groups excluding carboxylic acids is 2. The third kappa shape index (κ3) is 3.63. The van der Waals surface area contributed by atoms with Gasteiger partial charge in [0, 0.05) is 18.4 Å². The first-order valence-electron chi connectivity index (χ1n) is 6.73. The van der Waals surface area contributed by atoms with Crippen LogP contribution in [0.5, 0.6) is 0 Å². The van der Waals surface area contributed by atoms with Crippen molar-refractivity contribution in [3.63, 3.8) is 0 Å². The molecule has 1 atom stereocenters. The minimum absolute atomic E-state index is 0.0317. The largest absolute Gasteiger partial charge is 0.358 e. The number of nitrogens with one attached hydrogen (secondary N) is 1. The van der Waals surface area contributed by atoms with E-state index < -0.39 is 0 Å². The van der Waals surface area contributed by atoms with E-state index in [1.54, 1.807) is 25.7 Å². The fourth-order valence-electron chi connectivity index (χ4n) is 2.48. The van der Waals surface area contributed by atoms with Crippen LogP contribution in [-0.4, -0.2) is 24.0 Å². The van der Waals surface area contributed by atoms with Crippen LogP contribution in [0.3, 0.4) is 0 Å². The summed E-state index contributed by atoms with van der Waals surface area (Å²) in [7, 11) is 1.65. The molecule has 20 heavy (non-hydrogen) atoms. The molecule has 1 rings (SSSR count). The molecule has 110 valence electrons. The first kappa shape index (κ1) is 16.8. The molecule has 0 bridgehead atoms. The molecule has 4 heteroatoms. The quantitative estimate of drug-likeness (QED) is 0.848. The standard InChI is InChI=1S/C16H23NO2S/c1-9-7-10(2)15(12(4)18)11(3)14(9)8-20-13(5)16(19)17-6/h7,13H,8H2,1-6H3,(H,17,19)/t13-/m0/s1. The van der Waals surface area contributed by atoms with E-state index in [0.717, 1.165) is 22.4 Å². The molecule has 0 aromatic heterocycles. The van der Waals surface area contributed by atoms with Crippen LogP contribution in [0.1, 0.15) is 46.5 Å². The molecule has 0 saturated heterocycles. The highest BCUT2D eigenvalue weighted by Gasteiger charge is 2.17. The van der Waals surface area contributed by atoms with Crippen molar-refractivity contribution in [3.05, 3.63) is 33.9 Å². The fourth-order valence-corrected chi connectivity index (χ4v) is 3.61. The molecule has 0 aliphatic heterocycles. The number of thioether (sulfide) groups is 1. The van der Waals surface area contributed by atoms with Crippen molar-refractivity contribution in [1.29, 1.82) is 0 Å². The van der Waals surface area contributed by atoms with Gasteiger partial charge in [-0.25, -0.2) is 0 Å². The van der Waals surface area contributed by atoms with Gasteiger partial charge in [0.1, 0.15) is 0 Å². The third-order valence-corrected chi connectivity index (χ3v) is 4.75. The van der Waals surface area contributed by atoms with Crippen LogP contribution in [0.25, 0.3) is 0 Å². The van der Waals surface area contributed by atoms with Crippen LogP contribution >= 0.6 is 11.8 Å². The molecule has 0 unspecified atom stereocenters. The van der Waals surface area contributed by atoms with Crippen molar-refractivity contribution in [3.8, 4) is 0 Å². The Hall–Kier alpha value is -1.29. The summed E-state index contributed by atoms with van der Waals surface area (Å²) in [5.74, 6) is 0.877. The molecular weight excluding hydrogens is 270 g/mol. The molecule has 3 nitrogen and oxygen atoms in total. The number of hydrogen-bond acceptors (Lipinski definition) is 3. The third-order valence-electron chi connectivity index (χ3n) is 3.58. The van der Waals surface area contributed by atoms with E-state index in [-0.39, 0.29) is 16.9 Å². The van der Waals surface area contributed by atoms with E-state index in [2.05, 4.69) is 18.3 Å². The van der Waals surface area contributed by atoms with Crippen LogP contribution < -0.4 is 5.32 Å². The maximum absolute atomic E-state index is 11.8. The number of hydrogen-bond donors (Lipinski definition) is 1. The summed E-state index contributed by atoms with van der Waals surface area (Å²) in [5, 5.41) is 2.56. The molecule has 1 aromatic carbocycles. The molecule has 0 radical (unpaired) electrons. The van der Waals surface area contributed by atoms with Crippen LogP contribution in [0, 0.1) is 20.8 Å². The lowest BCUT2D eigenvalue weighted by Crippen LogP contribution is -2.27. The topological polar surface area (TPSA) is 46.2 Å². The molecule has 1 amide bonds. The predicted octanol–water partition coefficient (Wildman–Crippen LogP) is 3.18. The molecule has 0 fully saturated rings. The molecule has 0 aliphatic carbocycles. The zero-order valence-electron chi connectivity index (χ0n) is 13.1. The minimum atomic E-state index is -0.0964. The van der Waals surface area contributed by atoms with E-state index in [0.29, 0.717) is 0 Å². The first-order valence-corrected chi connectivity index (χ1v) is 7.78. The molecular formula is C16H23NO2S. The number of carbonyl (C=O) groups is 2. The maximum atomic E-state index is 11.8. The van der Waals surface area contributed by atoms with Crippen LogP contribution in [0.15, 0.2) is 6.07 Å². The number of aryl methyl sites for hydroxylation is 2. The van der Waals surface area contributed by atoms with Crippen molar-refractivity contribution >= 4 is 23.5 Å². The Bertz CT molecular complexity index is 538. The van der Waals surface area contributed by atoms with Gasteiger partial charge in [0.15, 0.2) is 5.78 Å². The monoisotopic (exact) mass is 293 g/mol. The van der Waals surface area contributed by atoms with Crippen molar-refractivity contribution < 1.29 is 9.59 Å². The highest BCUT2D eigenvalue weighted by Crippen LogP contribution is 2.28. The van der Waals surface area contributed by atoms with Gasteiger partial charge in [-0.2, -0.15) is 0 Å². The molecule has 1 aromatic rings. The summed E-state index contributed by atoms with van der Waals surface area (Å²) >= 11 is 1.59. The Labute approximate surface area is 125 Å². The van der Waals surface area contributed by atoms with Gasteiger partial charge in [-0.05, 0) is 56.9 Å². The average Bonchev–Trinajstić information content (AvgIpc) is 2.36. The van der Waals surface area contributed by atoms with Gasteiger partial charge in [0.05, 0.1) is 5.25 Å². The number of ketones is 1. The highest BCUT2D eigenvalue weighted by atomic mass is 32.2. The Morgan fingerprint density at radius 2 is 1.85 bits per heavy atom. The van der Waals surface area contributed by atoms with Gasteiger partial charge >= 0.3 is 0 Å². The summed E-state index contributed by atoms with van der Waals surface area (Å²) in [4.78, 5) is 23.3. The smallest absolute Gasteiger partial charge is 0.232 e. The molecule has 0 heterocycles. The van der Waals surface area contributed by atoms with Gasteiger partial charge in [-0.1, -0.05) is 6.07 Å². The second kappa shape index (κ2) is 6.93. The van der Waals surface area contributed by atoms with Crippen LogP contribution in [-0.2, 0) is 10.5 Å². The molecule has 1 N–H and O–H groups in total. The highest BCUT2D eigenvalue weighted by molar-refractivity contribution is 7.99. The predicted molar refractivity (Wildman–Crippen MR) is 85.5 cm³/mol. The van der Waals surface area contributed by atoms with Gasteiger partial charge in [0.25, 0.3) is 0 Å². The number of Topliss-reactive ketones (excluding diaryl/α,β-unsaturated/α-hetero) is 1. The second-order valence-corrected chi connectivity index (χ2v) is 6.44. The summed E-state index contributed by atoms with van der Waals surface area (Å²) < 4.78 is 0. The van der Waals surface area contributed by atoms with Crippen molar-refractivity contribution in [2.45, 2.75) is 45.6 Å². The van der Waals surface area contributed by atoms with Gasteiger partial charge in [0.2, 0.25) is 5.91 Å². The van der Waals surface area contributed by atoms with Crippen molar-refractivity contribution in [1.82, 2.24) is 5.32 Å². The minimum Gasteiger partial charge on any atom is -0.358 e. The Kier molecular flexibility index (Phi) is 5.81. The fraction of sp³-hybridized carbons (Fsp3) is 0.500. The zero-order chi connectivity index (χ0) is 15.4. The lowest BCUT2D eigenvalue weighted by atomic mass is 9.92. The first-order chi connectivity index (χ1) is 9.29. The Morgan fingerprint density at radius 3 is 2.35 bits per heavy atom. The van der Waals surface area contributed by atoms with Gasteiger partial charge in [-0.3, -0.25) is 9.59 Å². The van der Waals surface area contributed by atoms with E-state index in [9.17, 15) is 9.59 Å². The van der Waals surface area contributed by atoms with Crippen LogP contribution in [0.2, 0.25) is 0 Å². The van der Waals surface area contributed by atoms with Gasteiger partial charge < -0.3 is 5.32 Å². The van der Waals surface area contributed by atoms with Crippen LogP contribution in [0.4, 0.5) is 0 Å². The summed E-state index contributed by atoms with van der Waals surface area (Å²) in [6.07, 6.45) is 0. The Morgan fingerprint density at radius 1 is 1.25 bits per heavy atom. The van der Waals surface area contributed by atoms with Gasteiger partial charge in [-0.15, -0.1) is 11.8 Å². The maximum Gasteiger partial charge on any atom is 0.232 e. The average molecular weight is 293 g/mol. The lowest BCUT2D eigenvalue weighted by Gasteiger charge is -2.17. The summed E-state index contributed by atoms with van der Waals surface area (Å²) in [5.41, 5.74) is 5.24. The number of amides is 1. The van der Waals surface area contributed by atoms with E-state index in [1.165, 1.54) is 11.1 Å². The van der Waals surface area contributed by atoms with E-state index in [4.69, 9.17) is 0 Å². The number of rotatable bonds is 5. The summed E-state index contributed by atoms with van der Waals surface area (Å²) in [6, 6.07) is 2.06. The van der Waals surface area contributed by atoms with E-state index in [1.807, 2.05) is 20.8 Å². The Balaban J connectivity index is 3.04. The zero-order valence-corrected chi connectivity index (χ0v) is 13.9. The molecule has 0 aliphatic rings. The molecule has 0 spiro atoms. The van der Waals surface area contributed by atoms with Crippen molar-refractivity contribution in [2.24, 2.45) is 0 Å². The lowest BCUT2D eigenvalue weighted by molar-refractivity contribution is -0.119. The SMILES string of the molecule is CNC(=O)[C@H](C)SCc1c(C)cc(C)c(C(C)=O)c1C. The number of benzene rings is 1. The molecule has 0 saturated carbocycles. The van der Waals surface area contributed by atoms with E-state index >= 15 is 0 Å². The normalized spacial score (nSPS) is 12.1.